The van der Waals surface area contributed by atoms with Crippen molar-refractivity contribution in [2.45, 2.75) is 12.6 Å². The van der Waals surface area contributed by atoms with Crippen molar-refractivity contribution in [2.24, 2.45) is 5.73 Å². The van der Waals surface area contributed by atoms with E-state index in [2.05, 4.69) is 52.6 Å². The number of hydrogen-bond acceptors (Lipinski definition) is 4. The van der Waals surface area contributed by atoms with E-state index >= 15 is 0 Å². The van der Waals surface area contributed by atoms with Gasteiger partial charge in [0.2, 0.25) is 0 Å². The second-order valence-corrected chi connectivity index (χ2v) is 6.23. The molecular weight excluding hydrogens is 278 g/mol. The molecule has 3 rings (SSSR count). The molecule has 1 atom stereocenters. The van der Waals surface area contributed by atoms with Crippen LogP contribution >= 0.6 is 11.3 Å². The van der Waals surface area contributed by atoms with Crippen molar-refractivity contribution in [3.05, 3.63) is 64.6 Å². The molecule has 0 aliphatic carbocycles. The lowest BCUT2D eigenvalue weighted by molar-refractivity contribution is 0.245. The molecule has 2 heterocycles. The Hall–Kier alpha value is -1.75. The van der Waals surface area contributed by atoms with Crippen LogP contribution in [-0.2, 0) is 6.54 Å². The zero-order valence-corrected chi connectivity index (χ0v) is 12.9. The first-order chi connectivity index (χ1) is 10.3. The second kappa shape index (κ2) is 6.35. The average molecular weight is 297 g/mol. The topological polar surface area (TPSA) is 42.1 Å². The first-order valence-electron chi connectivity index (χ1n) is 7.05. The summed E-state index contributed by atoms with van der Waals surface area (Å²) in [7, 11) is 2.12. The van der Waals surface area contributed by atoms with E-state index in [0.29, 0.717) is 6.54 Å². The van der Waals surface area contributed by atoms with Crippen LogP contribution in [0.4, 0.5) is 0 Å². The van der Waals surface area contributed by atoms with Gasteiger partial charge in [0, 0.05) is 41.8 Å². The molecule has 108 valence electrons. The molecular formula is C17H19N3S. The first kappa shape index (κ1) is 14.2. The maximum absolute atomic E-state index is 6.06. The van der Waals surface area contributed by atoms with Crippen molar-refractivity contribution < 1.29 is 0 Å². The lowest BCUT2D eigenvalue weighted by atomic mass is 10.0. The Bertz CT molecular complexity index is 704. The molecule has 21 heavy (non-hydrogen) atoms. The van der Waals surface area contributed by atoms with Gasteiger partial charge in [-0.3, -0.25) is 9.88 Å². The Balaban J connectivity index is 1.94. The molecule has 0 amide bonds. The zero-order chi connectivity index (χ0) is 14.7. The maximum Gasteiger partial charge on any atom is 0.0492 e. The van der Waals surface area contributed by atoms with E-state index in [1.807, 2.05) is 18.5 Å². The minimum Gasteiger partial charge on any atom is -0.329 e. The van der Waals surface area contributed by atoms with Crippen molar-refractivity contribution in [3.8, 4) is 0 Å². The van der Waals surface area contributed by atoms with Gasteiger partial charge in [0.1, 0.15) is 0 Å². The van der Waals surface area contributed by atoms with Crippen molar-refractivity contribution >= 4 is 22.1 Å². The van der Waals surface area contributed by atoms with Crippen LogP contribution in [0.3, 0.4) is 0 Å². The summed E-state index contributed by atoms with van der Waals surface area (Å²) in [6, 6.07) is 12.8. The van der Waals surface area contributed by atoms with Crippen LogP contribution in [0, 0.1) is 0 Å². The van der Waals surface area contributed by atoms with E-state index in [4.69, 9.17) is 5.73 Å². The fraction of sp³-hybridized carbons (Fsp3) is 0.235. The van der Waals surface area contributed by atoms with E-state index < -0.39 is 0 Å². The fourth-order valence-electron chi connectivity index (χ4n) is 2.71. The van der Waals surface area contributed by atoms with Gasteiger partial charge in [-0.15, -0.1) is 11.3 Å². The summed E-state index contributed by atoms with van der Waals surface area (Å²) in [6.45, 7) is 1.49. The van der Waals surface area contributed by atoms with Gasteiger partial charge in [-0.25, -0.2) is 0 Å². The molecule has 0 saturated heterocycles. The smallest absolute Gasteiger partial charge is 0.0492 e. The number of benzene rings is 1. The van der Waals surface area contributed by atoms with Crippen molar-refractivity contribution in [3.63, 3.8) is 0 Å². The molecule has 0 aliphatic rings. The Morgan fingerprint density at radius 3 is 2.81 bits per heavy atom. The van der Waals surface area contributed by atoms with Crippen molar-refractivity contribution in [2.75, 3.05) is 13.6 Å². The molecule has 1 unspecified atom stereocenters. The number of thiophene rings is 1. The fourth-order valence-corrected chi connectivity index (χ4v) is 3.48. The standard InChI is InChI=1S/C17H19N3S/c1-20(12-14-6-4-8-21-14)17(9-18)16-11-19-10-13-5-2-3-7-15(13)16/h2-8,10-11,17H,9,12,18H2,1H3. The molecule has 3 aromatic rings. The van der Waals surface area contributed by atoms with Gasteiger partial charge in [0.05, 0.1) is 0 Å². The largest absolute Gasteiger partial charge is 0.329 e. The molecule has 0 saturated carbocycles. The van der Waals surface area contributed by atoms with Gasteiger partial charge in [0.25, 0.3) is 0 Å². The maximum atomic E-state index is 6.06. The normalized spacial score (nSPS) is 12.9. The Morgan fingerprint density at radius 1 is 1.19 bits per heavy atom. The molecule has 0 spiro atoms. The van der Waals surface area contributed by atoms with Gasteiger partial charge in [-0.05, 0) is 29.4 Å². The second-order valence-electron chi connectivity index (χ2n) is 5.20. The van der Waals surface area contributed by atoms with Gasteiger partial charge < -0.3 is 5.73 Å². The van der Waals surface area contributed by atoms with E-state index in [1.54, 1.807) is 11.3 Å². The van der Waals surface area contributed by atoms with Crippen LogP contribution in [0.1, 0.15) is 16.5 Å². The predicted octanol–water partition coefficient (Wildman–Crippen LogP) is 3.43. The van der Waals surface area contributed by atoms with E-state index in [9.17, 15) is 0 Å². The van der Waals surface area contributed by atoms with E-state index in [1.165, 1.54) is 15.8 Å². The number of pyridine rings is 1. The molecule has 2 N–H and O–H groups in total. The third-order valence-corrected chi connectivity index (χ3v) is 4.66. The highest BCUT2D eigenvalue weighted by Crippen LogP contribution is 2.27. The Morgan fingerprint density at radius 2 is 2.05 bits per heavy atom. The van der Waals surface area contributed by atoms with Crippen LogP contribution in [0.5, 0.6) is 0 Å². The first-order valence-corrected chi connectivity index (χ1v) is 7.93. The van der Waals surface area contributed by atoms with Gasteiger partial charge in [-0.2, -0.15) is 0 Å². The molecule has 0 fully saturated rings. The van der Waals surface area contributed by atoms with Crippen LogP contribution < -0.4 is 5.73 Å². The van der Waals surface area contributed by atoms with E-state index in [-0.39, 0.29) is 6.04 Å². The number of nitrogens with zero attached hydrogens (tertiary/aromatic N) is 2. The van der Waals surface area contributed by atoms with Gasteiger partial charge >= 0.3 is 0 Å². The van der Waals surface area contributed by atoms with Crippen LogP contribution in [0.15, 0.2) is 54.2 Å². The van der Waals surface area contributed by atoms with Crippen LogP contribution in [0.25, 0.3) is 10.8 Å². The number of likely N-dealkylation sites (N-methyl/N-ethyl adjacent to an activating group) is 1. The molecule has 1 aromatic carbocycles. The summed E-state index contributed by atoms with van der Waals surface area (Å²) < 4.78 is 0. The van der Waals surface area contributed by atoms with E-state index in [0.717, 1.165) is 11.9 Å². The third kappa shape index (κ3) is 2.97. The monoisotopic (exact) mass is 297 g/mol. The molecule has 2 aromatic heterocycles. The number of rotatable bonds is 5. The SMILES string of the molecule is CN(Cc1cccs1)C(CN)c1cncc2ccccc12. The highest BCUT2D eigenvalue weighted by atomic mass is 32.1. The lowest BCUT2D eigenvalue weighted by Gasteiger charge is -2.27. The molecule has 4 heteroatoms. The highest BCUT2D eigenvalue weighted by Gasteiger charge is 2.18. The number of nitrogens with two attached hydrogens (primary N) is 1. The minimum atomic E-state index is 0.172. The summed E-state index contributed by atoms with van der Waals surface area (Å²) in [6.07, 6.45) is 3.86. The van der Waals surface area contributed by atoms with Crippen LogP contribution in [0.2, 0.25) is 0 Å². The number of aromatic nitrogens is 1. The van der Waals surface area contributed by atoms with Crippen molar-refractivity contribution in [1.82, 2.24) is 9.88 Å². The summed E-state index contributed by atoms with van der Waals surface area (Å²) in [5.74, 6) is 0. The molecule has 3 nitrogen and oxygen atoms in total. The summed E-state index contributed by atoms with van der Waals surface area (Å²) in [5.41, 5.74) is 7.26. The molecule has 0 radical (unpaired) electrons. The van der Waals surface area contributed by atoms with Gasteiger partial charge in [-0.1, -0.05) is 30.3 Å². The van der Waals surface area contributed by atoms with Crippen LogP contribution in [-0.4, -0.2) is 23.5 Å². The predicted molar refractivity (Wildman–Crippen MR) is 89.3 cm³/mol. The Labute approximate surface area is 129 Å². The molecule has 0 bridgehead atoms. The van der Waals surface area contributed by atoms with Crippen molar-refractivity contribution in [1.29, 1.82) is 0 Å². The quantitative estimate of drug-likeness (QED) is 0.784. The van der Waals surface area contributed by atoms with Gasteiger partial charge in [0.15, 0.2) is 0 Å². The highest BCUT2D eigenvalue weighted by molar-refractivity contribution is 7.09. The zero-order valence-electron chi connectivity index (χ0n) is 12.1. The summed E-state index contributed by atoms with van der Waals surface area (Å²) in [4.78, 5) is 8.03. The average Bonchev–Trinajstić information content (AvgIpc) is 3.01. The summed E-state index contributed by atoms with van der Waals surface area (Å²) in [5, 5.41) is 4.51. The molecule has 0 aliphatic heterocycles. The lowest BCUT2D eigenvalue weighted by Crippen LogP contribution is -2.30. The summed E-state index contributed by atoms with van der Waals surface area (Å²) >= 11 is 1.78. The number of hydrogen-bond donors (Lipinski definition) is 1. The third-order valence-electron chi connectivity index (χ3n) is 3.80. The Kier molecular flexibility index (Phi) is 4.29. The number of fused-ring (bicyclic) bond motifs is 1. The minimum absolute atomic E-state index is 0.172.